The number of amides is 3. The molecule has 0 saturated carbocycles. The Morgan fingerprint density at radius 2 is 1.64 bits per heavy atom. The minimum absolute atomic E-state index is 0.0509. The minimum atomic E-state index is -1.18. The molecule has 0 spiro atoms. The first-order valence-corrected chi connectivity index (χ1v) is 12.8. The number of para-hydroxylation sites is 1. The van der Waals surface area contributed by atoms with Gasteiger partial charge in [-0.15, -0.1) is 0 Å². The van der Waals surface area contributed by atoms with Gasteiger partial charge < -0.3 is 36.2 Å². The Labute approximate surface area is 227 Å². The Morgan fingerprint density at radius 1 is 0.974 bits per heavy atom. The standard InChI is InChI=1S/C28H36N4O7/c1-16(24(34)31-23(26(36)37)14-18-15-29-21-8-6-5-7-20(18)21)30-25(35)22(32-27(38)39-28(2,3)4)13-17-9-11-19(33)12-10-17/h5-12,16,18,22-23,29,33H,13-15H2,1-4H3,(H,30,35)(H,31,34)(H,32,38)(H,36,37)/t16-,18?,22-,23-/m0/s1. The van der Waals surface area contributed by atoms with Crippen LogP contribution in [0.25, 0.3) is 0 Å². The van der Waals surface area contributed by atoms with E-state index < -0.39 is 47.6 Å². The summed E-state index contributed by atoms with van der Waals surface area (Å²) in [6.07, 6.45) is -0.573. The van der Waals surface area contributed by atoms with Gasteiger partial charge in [0.2, 0.25) is 11.8 Å². The van der Waals surface area contributed by atoms with Crippen LogP contribution in [0.5, 0.6) is 5.75 Å². The highest BCUT2D eigenvalue weighted by Gasteiger charge is 2.32. The highest BCUT2D eigenvalue weighted by Crippen LogP contribution is 2.34. The third-order valence-corrected chi connectivity index (χ3v) is 6.21. The second kappa shape index (κ2) is 12.5. The Morgan fingerprint density at radius 3 is 2.28 bits per heavy atom. The molecule has 0 aromatic heterocycles. The smallest absolute Gasteiger partial charge is 0.408 e. The zero-order valence-corrected chi connectivity index (χ0v) is 22.5. The number of ether oxygens (including phenoxy) is 1. The van der Waals surface area contributed by atoms with Gasteiger partial charge in [0.05, 0.1) is 0 Å². The number of carbonyl (C=O) groups is 4. The lowest BCUT2D eigenvalue weighted by atomic mass is 9.93. The van der Waals surface area contributed by atoms with Crippen molar-refractivity contribution in [3.05, 3.63) is 59.7 Å². The van der Waals surface area contributed by atoms with Gasteiger partial charge in [-0.1, -0.05) is 30.3 Å². The molecule has 3 amide bonds. The maximum atomic E-state index is 13.1. The van der Waals surface area contributed by atoms with Crippen LogP contribution >= 0.6 is 0 Å². The highest BCUT2D eigenvalue weighted by molar-refractivity contribution is 5.92. The fourth-order valence-electron chi connectivity index (χ4n) is 4.28. The zero-order valence-electron chi connectivity index (χ0n) is 22.5. The van der Waals surface area contributed by atoms with E-state index in [0.29, 0.717) is 12.1 Å². The molecule has 6 N–H and O–H groups in total. The number of nitrogens with one attached hydrogen (secondary N) is 4. The number of aromatic hydroxyl groups is 1. The van der Waals surface area contributed by atoms with Crippen molar-refractivity contribution < 1.29 is 34.1 Å². The van der Waals surface area contributed by atoms with Crippen LogP contribution in [0.3, 0.4) is 0 Å². The molecule has 1 aliphatic heterocycles. The van der Waals surface area contributed by atoms with E-state index in [1.807, 2.05) is 24.3 Å². The van der Waals surface area contributed by atoms with Gasteiger partial charge >= 0.3 is 12.1 Å². The molecule has 3 rings (SSSR count). The number of hydrogen-bond acceptors (Lipinski definition) is 7. The maximum Gasteiger partial charge on any atom is 0.408 e. The number of rotatable bonds is 10. The van der Waals surface area contributed by atoms with Crippen molar-refractivity contribution in [2.75, 3.05) is 11.9 Å². The number of aliphatic carboxylic acids is 1. The van der Waals surface area contributed by atoms with Gasteiger partial charge in [-0.2, -0.15) is 0 Å². The molecular weight excluding hydrogens is 504 g/mol. The first kappa shape index (κ1) is 29.3. The molecule has 0 saturated heterocycles. The third-order valence-electron chi connectivity index (χ3n) is 6.21. The van der Waals surface area contributed by atoms with Crippen LogP contribution in [0.4, 0.5) is 10.5 Å². The lowest BCUT2D eigenvalue weighted by molar-refractivity contribution is -0.142. The molecule has 39 heavy (non-hydrogen) atoms. The van der Waals surface area contributed by atoms with Crippen LogP contribution in [-0.2, 0) is 25.5 Å². The molecule has 0 radical (unpaired) electrons. The molecule has 0 aliphatic carbocycles. The third kappa shape index (κ3) is 8.62. The fraction of sp³-hybridized carbons (Fsp3) is 0.429. The summed E-state index contributed by atoms with van der Waals surface area (Å²) >= 11 is 0. The van der Waals surface area contributed by atoms with Gasteiger partial charge in [0.25, 0.3) is 0 Å². The van der Waals surface area contributed by atoms with E-state index in [9.17, 15) is 29.4 Å². The summed E-state index contributed by atoms with van der Waals surface area (Å²) in [7, 11) is 0. The quantitative estimate of drug-likeness (QED) is 0.267. The largest absolute Gasteiger partial charge is 0.508 e. The summed E-state index contributed by atoms with van der Waals surface area (Å²) < 4.78 is 5.28. The second-order valence-corrected chi connectivity index (χ2v) is 10.6. The van der Waals surface area contributed by atoms with Crippen molar-refractivity contribution in [3.8, 4) is 5.75 Å². The van der Waals surface area contributed by atoms with Crippen molar-refractivity contribution in [2.45, 2.75) is 70.2 Å². The lowest BCUT2D eigenvalue weighted by Crippen LogP contribution is -2.55. The molecule has 1 aliphatic rings. The Hall–Kier alpha value is -4.28. The monoisotopic (exact) mass is 540 g/mol. The van der Waals surface area contributed by atoms with E-state index in [2.05, 4.69) is 21.3 Å². The van der Waals surface area contributed by atoms with Gasteiger partial charge in [-0.3, -0.25) is 9.59 Å². The van der Waals surface area contributed by atoms with Gasteiger partial charge in [-0.05, 0) is 63.4 Å². The predicted octanol–water partition coefficient (Wildman–Crippen LogP) is 2.50. The number of carbonyl (C=O) groups excluding carboxylic acids is 3. The number of alkyl carbamates (subject to hydrolysis) is 1. The number of phenols is 1. The topological polar surface area (TPSA) is 166 Å². The predicted molar refractivity (Wildman–Crippen MR) is 144 cm³/mol. The molecule has 2 aromatic rings. The SMILES string of the molecule is C[C@H](NC(=O)[C@H](Cc1ccc(O)cc1)NC(=O)OC(C)(C)C)C(=O)N[C@@H](CC1CNc2ccccc21)C(=O)O. The molecule has 0 bridgehead atoms. The van der Waals surface area contributed by atoms with Crippen LogP contribution in [0, 0.1) is 0 Å². The lowest BCUT2D eigenvalue weighted by Gasteiger charge is -2.25. The summed E-state index contributed by atoms with van der Waals surface area (Å²) in [5.74, 6) is -2.55. The summed E-state index contributed by atoms with van der Waals surface area (Å²) in [5.41, 5.74) is 1.79. The zero-order chi connectivity index (χ0) is 28.7. The molecular formula is C28H36N4O7. The molecule has 2 aromatic carbocycles. The van der Waals surface area contributed by atoms with Crippen molar-refractivity contribution in [2.24, 2.45) is 0 Å². The normalized spacial score (nSPS) is 16.6. The molecule has 11 heteroatoms. The Kier molecular flexibility index (Phi) is 9.39. The number of anilines is 1. The van der Waals surface area contributed by atoms with Crippen molar-refractivity contribution in [1.29, 1.82) is 0 Å². The van der Waals surface area contributed by atoms with Crippen molar-refractivity contribution in [1.82, 2.24) is 16.0 Å². The maximum absolute atomic E-state index is 13.1. The van der Waals surface area contributed by atoms with Gasteiger partial charge in [0.15, 0.2) is 0 Å². The van der Waals surface area contributed by atoms with Gasteiger partial charge in [0.1, 0.15) is 29.5 Å². The van der Waals surface area contributed by atoms with Crippen LogP contribution < -0.4 is 21.3 Å². The van der Waals surface area contributed by atoms with Gasteiger partial charge in [0, 0.05) is 24.6 Å². The van der Waals surface area contributed by atoms with Crippen LogP contribution in [0.15, 0.2) is 48.5 Å². The average Bonchev–Trinajstić information content (AvgIpc) is 3.26. The van der Waals surface area contributed by atoms with Crippen molar-refractivity contribution >= 4 is 29.6 Å². The van der Waals surface area contributed by atoms with E-state index in [0.717, 1.165) is 11.3 Å². The summed E-state index contributed by atoms with van der Waals surface area (Å²) in [5, 5.41) is 30.2. The van der Waals surface area contributed by atoms with E-state index >= 15 is 0 Å². The summed E-state index contributed by atoms with van der Waals surface area (Å²) in [6.45, 7) is 7.05. The minimum Gasteiger partial charge on any atom is -0.508 e. The van der Waals surface area contributed by atoms with E-state index in [4.69, 9.17) is 4.74 Å². The van der Waals surface area contributed by atoms with Crippen LogP contribution in [0.2, 0.25) is 0 Å². The highest BCUT2D eigenvalue weighted by atomic mass is 16.6. The second-order valence-electron chi connectivity index (χ2n) is 10.6. The van der Waals surface area contributed by atoms with Crippen molar-refractivity contribution in [3.63, 3.8) is 0 Å². The molecule has 11 nitrogen and oxygen atoms in total. The summed E-state index contributed by atoms with van der Waals surface area (Å²) in [4.78, 5) is 50.4. The van der Waals surface area contributed by atoms with E-state index in [-0.39, 0.29) is 24.5 Å². The molecule has 0 fully saturated rings. The van der Waals surface area contributed by atoms with E-state index in [1.165, 1.54) is 19.1 Å². The Bertz CT molecular complexity index is 1190. The number of hydrogen-bond donors (Lipinski definition) is 6. The molecule has 1 unspecified atom stereocenters. The summed E-state index contributed by atoms with van der Waals surface area (Å²) in [6, 6.07) is 10.4. The van der Waals surface area contributed by atoms with Crippen LogP contribution in [0.1, 0.15) is 51.2 Å². The number of carboxylic acids is 1. The first-order valence-electron chi connectivity index (χ1n) is 12.8. The average molecular weight is 541 g/mol. The van der Waals surface area contributed by atoms with Crippen LogP contribution in [-0.4, -0.2) is 64.4 Å². The number of phenolic OH excluding ortho intramolecular Hbond substituents is 1. The molecule has 210 valence electrons. The number of carboxylic acid groups (broad SMARTS) is 1. The Balaban J connectivity index is 1.65. The van der Waals surface area contributed by atoms with Gasteiger partial charge in [-0.25, -0.2) is 9.59 Å². The fourth-order valence-corrected chi connectivity index (χ4v) is 4.28. The number of benzene rings is 2. The molecule has 1 heterocycles. The van der Waals surface area contributed by atoms with E-state index in [1.54, 1.807) is 32.9 Å². The first-order chi connectivity index (χ1) is 18.3. The number of fused-ring (bicyclic) bond motifs is 1. The molecule has 4 atom stereocenters.